The van der Waals surface area contributed by atoms with Gasteiger partial charge in [0.2, 0.25) is 0 Å². The number of rotatable bonds is 4. The van der Waals surface area contributed by atoms with E-state index >= 15 is 0 Å². The molecule has 1 aromatic heterocycles. The maximum Gasteiger partial charge on any atom is 0.0761 e. The third-order valence-corrected chi connectivity index (χ3v) is 3.29. The van der Waals surface area contributed by atoms with Crippen LogP contribution in [0.4, 0.5) is 0 Å². The Labute approximate surface area is 110 Å². The van der Waals surface area contributed by atoms with E-state index in [0.29, 0.717) is 0 Å². The molecule has 0 aliphatic carbocycles. The summed E-state index contributed by atoms with van der Waals surface area (Å²) >= 11 is 3.58. The smallest absolute Gasteiger partial charge is 0.0761 e. The zero-order chi connectivity index (χ0) is 12.3. The van der Waals surface area contributed by atoms with Crippen molar-refractivity contribution in [3.8, 4) is 0 Å². The van der Waals surface area contributed by atoms with Crippen molar-refractivity contribution in [2.75, 3.05) is 6.54 Å². The minimum atomic E-state index is 0.0824. The van der Waals surface area contributed by atoms with Gasteiger partial charge in [-0.15, -0.1) is 6.58 Å². The fraction of sp³-hybridized carbons (Fsp3) is 0.214. The summed E-state index contributed by atoms with van der Waals surface area (Å²) in [6.07, 6.45) is 1.88. The summed E-state index contributed by atoms with van der Waals surface area (Å²) in [4.78, 5) is 4.68. The molecular weight excluding hydrogens is 276 g/mol. The van der Waals surface area contributed by atoms with Crippen molar-refractivity contribution >= 4 is 26.8 Å². The first-order valence-corrected chi connectivity index (χ1v) is 6.46. The van der Waals surface area contributed by atoms with E-state index < -0.39 is 0 Å². The minimum Gasteiger partial charge on any atom is -0.306 e. The van der Waals surface area contributed by atoms with Gasteiger partial charge in [0.05, 0.1) is 17.3 Å². The number of aromatic nitrogens is 1. The minimum absolute atomic E-state index is 0.0824. The first kappa shape index (κ1) is 12.3. The Kier molecular flexibility index (Phi) is 3.92. The van der Waals surface area contributed by atoms with Crippen LogP contribution in [-0.4, -0.2) is 11.5 Å². The van der Waals surface area contributed by atoms with E-state index in [2.05, 4.69) is 51.9 Å². The largest absolute Gasteiger partial charge is 0.306 e. The van der Waals surface area contributed by atoms with Crippen molar-refractivity contribution in [1.82, 2.24) is 10.3 Å². The normalized spacial score (nSPS) is 12.6. The summed E-state index contributed by atoms with van der Waals surface area (Å²) in [5.41, 5.74) is 2.00. The zero-order valence-corrected chi connectivity index (χ0v) is 11.4. The van der Waals surface area contributed by atoms with Gasteiger partial charge >= 0.3 is 0 Å². The molecule has 1 atom stereocenters. The average molecular weight is 291 g/mol. The van der Waals surface area contributed by atoms with Gasteiger partial charge < -0.3 is 5.32 Å². The molecule has 0 fully saturated rings. The van der Waals surface area contributed by atoms with Gasteiger partial charge in [-0.25, -0.2) is 4.98 Å². The van der Waals surface area contributed by atoms with Crippen LogP contribution in [0.15, 0.2) is 47.5 Å². The molecule has 1 heterocycles. The summed E-state index contributed by atoms with van der Waals surface area (Å²) < 4.78 is 1.02. The molecule has 1 N–H and O–H groups in total. The van der Waals surface area contributed by atoms with Crippen molar-refractivity contribution in [1.29, 1.82) is 0 Å². The van der Waals surface area contributed by atoms with Crippen LogP contribution in [0.5, 0.6) is 0 Å². The van der Waals surface area contributed by atoms with Crippen molar-refractivity contribution in [2.45, 2.75) is 13.0 Å². The Bertz CT molecular complexity index is 537. The monoisotopic (exact) mass is 290 g/mol. The van der Waals surface area contributed by atoms with E-state index in [1.54, 1.807) is 0 Å². The lowest BCUT2D eigenvalue weighted by Gasteiger charge is -2.15. The number of nitrogens with zero attached hydrogens (tertiary/aromatic N) is 1. The standard InChI is InChI=1S/C14H15BrN2/c1-3-12(16-4-2)14-11(15)9-10-7-5-6-8-13(10)17-14/h3,5-9,12,16H,1,4H2,2H3. The van der Waals surface area contributed by atoms with Crippen LogP contribution in [0.25, 0.3) is 10.9 Å². The van der Waals surface area contributed by atoms with E-state index in [4.69, 9.17) is 0 Å². The predicted molar refractivity (Wildman–Crippen MR) is 76.1 cm³/mol. The van der Waals surface area contributed by atoms with Crippen molar-refractivity contribution in [3.63, 3.8) is 0 Å². The third-order valence-electron chi connectivity index (χ3n) is 2.66. The van der Waals surface area contributed by atoms with Gasteiger partial charge in [0.1, 0.15) is 0 Å². The number of nitrogens with one attached hydrogen (secondary N) is 1. The van der Waals surface area contributed by atoms with E-state index in [9.17, 15) is 0 Å². The molecule has 2 rings (SSSR count). The van der Waals surface area contributed by atoms with Gasteiger partial charge in [0, 0.05) is 9.86 Å². The van der Waals surface area contributed by atoms with E-state index in [1.165, 1.54) is 0 Å². The highest BCUT2D eigenvalue weighted by molar-refractivity contribution is 9.10. The maximum atomic E-state index is 4.68. The molecule has 0 amide bonds. The van der Waals surface area contributed by atoms with E-state index in [0.717, 1.165) is 27.6 Å². The number of benzene rings is 1. The molecule has 17 heavy (non-hydrogen) atoms. The topological polar surface area (TPSA) is 24.9 Å². The Balaban J connectivity index is 2.52. The van der Waals surface area contributed by atoms with Crippen LogP contribution >= 0.6 is 15.9 Å². The number of para-hydroxylation sites is 1. The van der Waals surface area contributed by atoms with Gasteiger partial charge in [0.25, 0.3) is 0 Å². The van der Waals surface area contributed by atoms with E-state index in [-0.39, 0.29) is 6.04 Å². The number of halogens is 1. The summed E-state index contributed by atoms with van der Waals surface area (Å²) in [7, 11) is 0. The maximum absolute atomic E-state index is 4.68. The van der Waals surface area contributed by atoms with Gasteiger partial charge in [-0.1, -0.05) is 31.2 Å². The van der Waals surface area contributed by atoms with Crippen LogP contribution in [-0.2, 0) is 0 Å². The Morgan fingerprint density at radius 1 is 1.47 bits per heavy atom. The van der Waals surface area contributed by atoms with Crippen LogP contribution < -0.4 is 5.32 Å². The molecule has 88 valence electrons. The molecule has 0 radical (unpaired) electrons. The van der Waals surface area contributed by atoms with Crippen LogP contribution in [0.2, 0.25) is 0 Å². The van der Waals surface area contributed by atoms with Crippen LogP contribution in [0.3, 0.4) is 0 Å². The number of hydrogen-bond donors (Lipinski definition) is 1. The quantitative estimate of drug-likeness (QED) is 0.866. The molecule has 0 bridgehead atoms. The van der Waals surface area contributed by atoms with Crippen molar-refractivity contribution < 1.29 is 0 Å². The summed E-state index contributed by atoms with van der Waals surface area (Å²) in [5, 5.41) is 4.48. The van der Waals surface area contributed by atoms with Gasteiger partial charge in [-0.3, -0.25) is 0 Å². The SMILES string of the molecule is C=CC(NCC)c1nc2ccccc2cc1Br. The van der Waals surface area contributed by atoms with Gasteiger partial charge in [0.15, 0.2) is 0 Å². The first-order chi connectivity index (χ1) is 8.26. The Morgan fingerprint density at radius 2 is 2.24 bits per heavy atom. The molecule has 1 aromatic carbocycles. The fourth-order valence-electron chi connectivity index (χ4n) is 1.83. The highest BCUT2D eigenvalue weighted by atomic mass is 79.9. The average Bonchev–Trinajstić information content (AvgIpc) is 2.35. The second-order valence-electron chi connectivity index (χ2n) is 3.82. The lowest BCUT2D eigenvalue weighted by molar-refractivity contribution is 0.633. The first-order valence-electron chi connectivity index (χ1n) is 5.67. The Hall–Kier alpha value is -1.19. The van der Waals surface area contributed by atoms with Crippen molar-refractivity contribution in [3.05, 3.63) is 53.2 Å². The van der Waals surface area contributed by atoms with Crippen LogP contribution in [0, 0.1) is 0 Å². The molecule has 0 aliphatic rings. The molecule has 2 nitrogen and oxygen atoms in total. The number of fused-ring (bicyclic) bond motifs is 1. The predicted octanol–water partition coefficient (Wildman–Crippen LogP) is 3.83. The van der Waals surface area contributed by atoms with E-state index in [1.807, 2.05) is 24.3 Å². The third kappa shape index (κ3) is 2.56. The summed E-state index contributed by atoms with van der Waals surface area (Å²) in [6, 6.07) is 10.3. The lowest BCUT2D eigenvalue weighted by atomic mass is 10.1. The molecule has 0 saturated heterocycles. The van der Waals surface area contributed by atoms with Gasteiger partial charge in [-0.2, -0.15) is 0 Å². The second kappa shape index (κ2) is 5.43. The number of likely N-dealkylation sites (N-methyl/N-ethyl adjacent to an activating group) is 1. The summed E-state index contributed by atoms with van der Waals surface area (Å²) in [6.45, 7) is 6.82. The fourth-order valence-corrected chi connectivity index (χ4v) is 2.42. The molecule has 0 aliphatic heterocycles. The molecule has 2 aromatic rings. The second-order valence-corrected chi connectivity index (χ2v) is 4.67. The molecule has 1 unspecified atom stereocenters. The van der Waals surface area contributed by atoms with Crippen LogP contribution in [0.1, 0.15) is 18.7 Å². The van der Waals surface area contributed by atoms with Crippen molar-refractivity contribution in [2.24, 2.45) is 0 Å². The molecular formula is C14H15BrN2. The molecule has 0 spiro atoms. The highest BCUT2D eigenvalue weighted by Gasteiger charge is 2.12. The summed E-state index contributed by atoms with van der Waals surface area (Å²) in [5.74, 6) is 0. The Morgan fingerprint density at radius 3 is 2.94 bits per heavy atom. The van der Waals surface area contributed by atoms with Gasteiger partial charge in [-0.05, 0) is 34.6 Å². The molecule has 3 heteroatoms. The highest BCUT2D eigenvalue weighted by Crippen LogP contribution is 2.26. The lowest BCUT2D eigenvalue weighted by Crippen LogP contribution is -2.20. The molecule has 0 saturated carbocycles. The number of pyridine rings is 1. The number of hydrogen-bond acceptors (Lipinski definition) is 2. The zero-order valence-electron chi connectivity index (χ0n) is 9.78.